The van der Waals surface area contributed by atoms with E-state index in [2.05, 4.69) is 37.0 Å². The molecule has 124 valence electrons. The molecule has 0 saturated carbocycles. The van der Waals surface area contributed by atoms with Crippen LogP contribution in [0.4, 0.5) is 0 Å². The van der Waals surface area contributed by atoms with Crippen molar-refractivity contribution in [2.45, 2.75) is 13.3 Å². The lowest BCUT2D eigenvalue weighted by Gasteiger charge is -2.08. The van der Waals surface area contributed by atoms with Gasteiger partial charge < -0.3 is 14.7 Å². The first-order chi connectivity index (χ1) is 11.5. The van der Waals surface area contributed by atoms with Crippen LogP contribution in [0.25, 0.3) is 11.0 Å². The van der Waals surface area contributed by atoms with Crippen molar-refractivity contribution in [1.82, 2.24) is 0 Å². The second kappa shape index (κ2) is 6.78. The van der Waals surface area contributed by atoms with Gasteiger partial charge in [0.15, 0.2) is 0 Å². The molecule has 2 aromatic carbocycles. The Morgan fingerprint density at radius 1 is 1.21 bits per heavy atom. The summed E-state index contributed by atoms with van der Waals surface area (Å²) in [5.41, 5.74) is 2.32. The quantitative estimate of drug-likeness (QED) is 0.274. The van der Waals surface area contributed by atoms with Crippen molar-refractivity contribution in [2.75, 3.05) is 0 Å². The fraction of sp³-hybridized carbons (Fsp3) is 0.118. The van der Waals surface area contributed by atoms with Gasteiger partial charge in [0.25, 0.3) is 0 Å². The summed E-state index contributed by atoms with van der Waals surface area (Å²) in [7, 11) is 0. The molecule has 0 fully saturated rings. The second-order valence-electron chi connectivity index (χ2n) is 5.13. The van der Waals surface area contributed by atoms with Gasteiger partial charge in [-0.15, -0.1) is 0 Å². The van der Waals surface area contributed by atoms with E-state index in [0.717, 1.165) is 5.39 Å². The Balaban J connectivity index is 2.28. The average molecular weight is 474 g/mol. The third-order valence-electron chi connectivity index (χ3n) is 3.67. The Morgan fingerprint density at radius 3 is 2.46 bits per heavy atom. The number of benzene rings is 2. The molecule has 7 heteroatoms. The van der Waals surface area contributed by atoms with Crippen LogP contribution in [0.5, 0.6) is 5.75 Å². The Hall–Kier alpha value is -1.50. The standard InChI is InChI=1S/C17H12Br2ClNO3/c1-2-13-15(10-4-3-9(20)7-14(10)24-13)16(21-23)8-5-11(18)17(22)12(19)6-8/h3-7,22-23H,2H2,1H3. The normalized spacial score (nSPS) is 12.1. The number of aromatic hydroxyl groups is 1. The zero-order valence-electron chi connectivity index (χ0n) is 12.5. The largest absolute Gasteiger partial charge is 0.506 e. The highest BCUT2D eigenvalue weighted by atomic mass is 79.9. The van der Waals surface area contributed by atoms with Gasteiger partial charge >= 0.3 is 0 Å². The number of halogens is 3. The number of oxime groups is 1. The van der Waals surface area contributed by atoms with E-state index >= 15 is 0 Å². The topological polar surface area (TPSA) is 66.0 Å². The molecule has 0 aliphatic rings. The minimum atomic E-state index is 0.0792. The molecule has 0 atom stereocenters. The van der Waals surface area contributed by atoms with Crippen molar-refractivity contribution < 1.29 is 14.7 Å². The number of rotatable bonds is 3. The number of furan rings is 1. The zero-order valence-corrected chi connectivity index (χ0v) is 16.4. The average Bonchev–Trinajstić information content (AvgIpc) is 2.91. The summed E-state index contributed by atoms with van der Waals surface area (Å²) < 4.78 is 6.84. The third kappa shape index (κ3) is 2.94. The summed E-state index contributed by atoms with van der Waals surface area (Å²) >= 11 is 12.6. The predicted molar refractivity (Wildman–Crippen MR) is 102 cm³/mol. The maximum absolute atomic E-state index is 9.89. The number of aryl methyl sites for hydroxylation is 1. The second-order valence-corrected chi connectivity index (χ2v) is 7.28. The molecular weight excluding hydrogens is 461 g/mol. The van der Waals surface area contributed by atoms with E-state index in [1.807, 2.05) is 13.0 Å². The van der Waals surface area contributed by atoms with Crippen LogP contribution in [0.15, 0.2) is 48.9 Å². The molecule has 0 spiro atoms. The van der Waals surface area contributed by atoms with Gasteiger partial charge in [-0.2, -0.15) is 0 Å². The number of phenols is 1. The molecule has 0 unspecified atom stereocenters. The van der Waals surface area contributed by atoms with Gasteiger partial charge in [-0.1, -0.05) is 23.7 Å². The van der Waals surface area contributed by atoms with E-state index < -0.39 is 0 Å². The molecule has 0 bridgehead atoms. The number of fused-ring (bicyclic) bond motifs is 1. The molecular formula is C17H12Br2ClNO3. The zero-order chi connectivity index (χ0) is 17.4. The van der Waals surface area contributed by atoms with Crippen LogP contribution >= 0.6 is 43.5 Å². The van der Waals surface area contributed by atoms with Crippen molar-refractivity contribution >= 4 is 60.1 Å². The Labute approximate surface area is 160 Å². The molecule has 0 amide bonds. The summed E-state index contributed by atoms with van der Waals surface area (Å²) in [5, 5.41) is 24.4. The van der Waals surface area contributed by atoms with E-state index in [-0.39, 0.29) is 5.75 Å². The minimum absolute atomic E-state index is 0.0792. The number of phenolic OH excluding ortho intramolecular Hbond substituents is 1. The molecule has 0 radical (unpaired) electrons. The van der Waals surface area contributed by atoms with Crippen molar-refractivity contribution in [3.8, 4) is 5.75 Å². The highest BCUT2D eigenvalue weighted by molar-refractivity contribution is 9.11. The van der Waals surface area contributed by atoms with Gasteiger partial charge in [0.1, 0.15) is 22.8 Å². The third-order valence-corrected chi connectivity index (χ3v) is 5.12. The van der Waals surface area contributed by atoms with Gasteiger partial charge in [0.2, 0.25) is 0 Å². The first kappa shape index (κ1) is 17.3. The molecule has 3 rings (SSSR count). The lowest BCUT2D eigenvalue weighted by atomic mass is 9.98. The van der Waals surface area contributed by atoms with Crippen molar-refractivity contribution in [3.63, 3.8) is 0 Å². The summed E-state index contributed by atoms with van der Waals surface area (Å²) in [6, 6.07) is 8.70. The van der Waals surface area contributed by atoms with Crippen LogP contribution in [0.3, 0.4) is 0 Å². The van der Waals surface area contributed by atoms with Gasteiger partial charge in [-0.3, -0.25) is 0 Å². The molecule has 4 nitrogen and oxygen atoms in total. The Kier molecular flexibility index (Phi) is 4.90. The van der Waals surface area contributed by atoms with E-state index in [0.29, 0.717) is 48.6 Å². The predicted octanol–water partition coefficient (Wildman–Crippen LogP) is 6.11. The van der Waals surface area contributed by atoms with Gasteiger partial charge in [0.05, 0.1) is 14.5 Å². The molecule has 1 aromatic heterocycles. The number of hydrogen-bond acceptors (Lipinski definition) is 4. The highest BCUT2D eigenvalue weighted by Gasteiger charge is 2.22. The SMILES string of the molecule is CCc1oc2cc(Cl)ccc2c1C(=NO)c1cc(Br)c(O)c(Br)c1. The van der Waals surface area contributed by atoms with E-state index in [1.54, 1.807) is 24.3 Å². The van der Waals surface area contributed by atoms with Crippen molar-refractivity contribution in [2.24, 2.45) is 5.16 Å². The van der Waals surface area contributed by atoms with Crippen LogP contribution in [0.1, 0.15) is 23.8 Å². The molecule has 3 aromatic rings. The monoisotopic (exact) mass is 471 g/mol. The van der Waals surface area contributed by atoms with Crippen molar-refractivity contribution in [1.29, 1.82) is 0 Å². The van der Waals surface area contributed by atoms with Crippen molar-refractivity contribution in [3.05, 3.63) is 61.2 Å². The summed E-state index contributed by atoms with van der Waals surface area (Å²) in [4.78, 5) is 0. The number of nitrogens with zero attached hydrogens (tertiary/aromatic N) is 1. The maximum Gasteiger partial charge on any atom is 0.143 e. The fourth-order valence-electron chi connectivity index (χ4n) is 2.58. The lowest BCUT2D eigenvalue weighted by molar-refractivity contribution is 0.319. The Bertz CT molecular complexity index is 943. The Morgan fingerprint density at radius 2 is 1.88 bits per heavy atom. The summed E-state index contributed by atoms with van der Waals surface area (Å²) in [6.45, 7) is 1.96. The van der Waals surface area contributed by atoms with Gasteiger partial charge in [0, 0.05) is 28.5 Å². The van der Waals surface area contributed by atoms with E-state index in [9.17, 15) is 10.3 Å². The first-order valence-corrected chi connectivity index (χ1v) is 9.04. The number of hydrogen-bond donors (Lipinski definition) is 2. The summed E-state index contributed by atoms with van der Waals surface area (Å²) in [5.74, 6) is 0.774. The van der Waals surface area contributed by atoms with E-state index in [4.69, 9.17) is 16.0 Å². The molecule has 0 aliphatic carbocycles. The van der Waals surface area contributed by atoms with Gasteiger partial charge in [-0.25, -0.2) is 0 Å². The molecule has 24 heavy (non-hydrogen) atoms. The van der Waals surface area contributed by atoms with Crippen LogP contribution < -0.4 is 0 Å². The van der Waals surface area contributed by atoms with Crippen LogP contribution in [0.2, 0.25) is 5.02 Å². The van der Waals surface area contributed by atoms with Crippen LogP contribution in [-0.4, -0.2) is 16.0 Å². The fourth-order valence-corrected chi connectivity index (χ4v) is 3.93. The molecule has 2 N–H and O–H groups in total. The van der Waals surface area contributed by atoms with Crippen LogP contribution in [0, 0.1) is 0 Å². The van der Waals surface area contributed by atoms with E-state index in [1.165, 1.54) is 0 Å². The molecule has 1 heterocycles. The van der Waals surface area contributed by atoms with Gasteiger partial charge in [-0.05, 0) is 56.1 Å². The lowest BCUT2D eigenvalue weighted by Crippen LogP contribution is -2.06. The minimum Gasteiger partial charge on any atom is -0.506 e. The highest BCUT2D eigenvalue weighted by Crippen LogP contribution is 2.36. The summed E-state index contributed by atoms with van der Waals surface area (Å²) in [6.07, 6.45) is 0.626. The smallest absolute Gasteiger partial charge is 0.143 e. The molecule has 0 aliphatic heterocycles. The molecule has 0 saturated heterocycles. The van der Waals surface area contributed by atoms with Crippen LogP contribution in [-0.2, 0) is 6.42 Å². The maximum atomic E-state index is 9.89. The first-order valence-electron chi connectivity index (χ1n) is 7.08.